The highest BCUT2D eigenvalue weighted by Crippen LogP contribution is 2.17. The number of halogens is 1. The predicted octanol–water partition coefficient (Wildman–Crippen LogP) is 3.31. The van der Waals surface area contributed by atoms with Crippen LogP contribution in [0, 0.1) is 10.5 Å². The Hall–Kier alpha value is -1.30. The van der Waals surface area contributed by atoms with Gasteiger partial charge in [-0.2, -0.15) is 0 Å². The quantitative estimate of drug-likeness (QED) is 0.843. The molecule has 0 saturated carbocycles. The van der Waals surface area contributed by atoms with Crippen molar-refractivity contribution < 1.29 is 5.11 Å². The van der Waals surface area contributed by atoms with Gasteiger partial charge in [-0.15, -0.1) is 0 Å². The molecule has 0 aliphatic heterocycles. The number of rotatable bonds is 3. The van der Waals surface area contributed by atoms with Crippen LogP contribution in [0.5, 0.6) is 5.75 Å². The van der Waals surface area contributed by atoms with Gasteiger partial charge in [-0.05, 0) is 59.8 Å². The van der Waals surface area contributed by atoms with Crippen LogP contribution in [0.15, 0.2) is 36.4 Å². The molecule has 2 aromatic rings. The monoisotopic (exact) mass is 340 g/mol. The molecule has 0 aliphatic carbocycles. The van der Waals surface area contributed by atoms with Crippen LogP contribution in [-0.4, -0.2) is 10.1 Å². The largest absolute Gasteiger partial charge is 0.506 e. The summed E-state index contributed by atoms with van der Waals surface area (Å²) in [5.74, 6) is 0.230. The molecular weight excluding hydrogens is 327 g/mol. The lowest BCUT2D eigenvalue weighted by Gasteiger charge is -2.08. The highest BCUT2D eigenvalue weighted by Gasteiger charge is 2.03. The van der Waals surface area contributed by atoms with Crippen LogP contribution < -0.4 is 5.32 Å². The number of nitrogens with zero attached hydrogens (tertiary/aromatic N) is 1. The number of nitrogens with one attached hydrogen (secondary N) is 1. The third-order valence-corrected chi connectivity index (χ3v) is 3.04. The fourth-order valence-electron chi connectivity index (χ4n) is 1.52. The summed E-state index contributed by atoms with van der Waals surface area (Å²) in [5.41, 5.74) is 2.60. The Morgan fingerprint density at radius 1 is 1.29 bits per heavy atom. The average molecular weight is 340 g/mol. The van der Waals surface area contributed by atoms with Crippen molar-refractivity contribution in [1.82, 2.24) is 4.98 Å². The number of aryl methyl sites for hydroxylation is 1. The van der Waals surface area contributed by atoms with Gasteiger partial charge in [0, 0.05) is 15.0 Å². The van der Waals surface area contributed by atoms with Gasteiger partial charge in [-0.25, -0.2) is 0 Å². The van der Waals surface area contributed by atoms with Gasteiger partial charge in [0.25, 0.3) is 0 Å². The van der Waals surface area contributed by atoms with Crippen molar-refractivity contribution in [2.45, 2.75) is 13.5 Å². The first-order valence-corrected chi connectivity index (χ1v) is 6.38. The minimum Gasteiger partial charge on any atom is -0.506 e. The van der Waals surface area contributed by atoms with E-state index in [1.165, 1.54) is 3.57 Å². The maximum Gasteiger partial charge on any atom is 0.138 e. The molecule has 0 unspecified atom stereocenters. The predicted molar refractivity (Wildman–Crippen MR) is 77.1 cm³/mol. The van der Waals surface area contributed by atoms with Crippen LogP contribution in [0.1, 0.15) is 11.4 Å². The van der Waals surface area contributed by atoms with Gasteiger partial charge >= 0.3 is 0 Å². The van der Waals surface area contributed by atoms with Crippen molar-refractivity contribution in [3.8, 4) is 5.75 Å². The zero-order valence-corrected chi connectivity index (χ0v) is 11.6. The van der Waals surface area contributed by atoms with Crippen molar-refractivity contribution in [2.24, 2.45) is 0 Å². The molecular formula is C13H13IN2O. The van der Waals surface area contributed by atoms with Crippen molar-refractivity contribution in [1.29, 1.82) is 0 Å². The van der Waals surface area contributed by atoms with Gasteiger partial charge < -0.3 is 10.4 Å². The molecule has 1 heterocycles. The van der Waals surface area contributed by atoms with E-state index in [1.54, 1.807) is 12.1 Å². The van der Waals surface area contributed by atoms with Crippen molar-refractivity contribution >= 4 is 28.3 Å². The number of pyridine rings is 1. The second kappa shape index (κ2) is 5.35. The van der Waals surface area contributed by atoms with Crippen LogP contribution >= 0.6 is 22.6 Å². The summed E-state index contributed by atoms with van der Waals surface area (Å²) in [7, 11) is 0. The van der Waals surface area contributed by atoms with Crippen LogP contribution in [-0.2, 0) is 6.54 Å². The molecule has 2 N–H and O–H groups in total. The molecule has 4 heteroatoms. The topological polar surface area (TPSA) is 45.1 Å². The smallest absolute Gasteiger partial charge is 0.138 e. The Balaban J connectivity index is 2.09. The van der Waals surface area contributed by atoms with E-state index in [2.05, 4.69) is 32.9 Å². The van der Waals surface area contributed by atoms with E-state index in [-0.39, 0.29) is 5.75 Å². The molecule has 0 radical (unpaired) electrons. The van der Waals surface area contributed by atoms with E-state index < -0.39 is 0 Å². The molecule has 17 heavy (non-hydrogen) atoms. The summed E-state index contributed by atoms with van der Waals surface area (Å²) < 4.78 is 1.18. The lowest BCUT2D eigenvalue weighted by molar-refractivity contribution is 0.464. The molecule has 1 aromatic heterocycles. The molecule has 0 amide bonds. The molecule has 0 saturated heterocycles. The highest BCUT2D eigenvalue weighted by molar-refractivity contribution is 14.1. The zero-order valence-electron chi connectivity index (χ0n) is 9.44. The summed E-state index contributed by atoms with van der Waals surface area (Å²) in [6.07, 6.45) is 0. The second-order valence-corrected chi connectivity index (χ2v) is 5.03. The zero-order chi connectivity index (χ0) is 12.3. The van der Waals surface area contributed by atoms with Gasteiger partial charge in [0.2, 0.25) is 0 Å². The Bertz CT molecular complexity index is 529. The van der Waals surface area contributed by atoms with E-state index in [0.717, 1.165) is 11.4 Å². The van der Waals surface area contributed by atoms with E-state index in [0.29, 0.717) is 12.2 Å². The summed E-state index contributed by atoms with van der Waals surface area (Å²) in [6, 6.07) is 11.5. The second-order valence-electron chi connectivity index (χ2n) is 3.78. The molecule has 0 atom stereocenters. The SMILES string of the molecule is Cc1ccc(O)c(CNc2cccc(I)c2)n1. The lowest BCUT2D eigenvalue weighted by atomic mass is 10.2. The molecule has 3 nitrogen and oxygen atoms in total. The Kier molecular flexibility index (Phi) is 3.83. The molecule has 0 bridgehead atoms. The van der Waals surface area contributed by atoms with E-state index in [1.807, 2.05) is 31.2 Å². The Morgan fingerprint density at radius 3 is 2.88 bits per heavy atom. The van der Waals surface area contributed by atoms with Crippen molar-refractivity contribution in [3.63, 3.8) is 0 Å². The van der Waals surface area contributed by atoms with Crippen molar-refractivity contribution in [3.05, 3.63) is 51.4 Å². The minimum atomic E-state index is 0.230. The number of hydrogen-bond acceptors (Lipinski definition) is 3. The number of benzene rings is 1. The highest BCUT2D eigenvalue weighted by atomic mass is 127. The van der Waals surface area contributed by atoms with Crippen LogP contribution in [0.3, 0.4) is 0 Å². The summed E-state index contributed by atoms with van der Waals surface area (Å²) >= 11 is 2.27. The first-order valence-electron chi connectivity index (χ1n) is 5.30. The third-order valence-electron chi connectivity index (χ3n) is 2.37. The lowest BCUT2D eigenvalue weighted by Crippen LogP contribution is -2.02. The van der Waals surface area contributed by atoms with E-state index in [9.17, 15) is 5.11 Å². The standard InChI is InChI=1S/C13H13IN2O/c1-9-5-6-13(17)12(16-9)8-15-11-4-2-3-10(14)7-11/h2-7,15,17H,8H2,1H3. The van der Waals surface area contributed by atoms with Gasteiger partial charge in [0.15, 0.2) is 0 Å². The van der Waals surface area contributed by atoms with Gasteiger partial charge in [0.05, 0.1) is 6.54 Å². The first kappa shape index (κ1) is 12.2. The third kappa shape index (κ3) is 3.33. The van der Waals surface area contributed by atoms with Crippen LogP contribution in [0.2, 0.25) is 0 Å². The number of anilines is 1. The van der Waals surface area contributed by atoms with E-state index >= 15 is 0 Å². The maximum absolute atomic E-state index is 9.66. The van der Waals surface area contributed by atoms with E-state index in [4.69, 9.17) is 0 Å². The first-order chi connectivity index (χ1) is 8.15. The molecule has 0 fully saturated rings. The molecule has 88 valence electrons. The average Bonchev–Trinajstić information content (AvgIpc) is 2.30. The normalized spacial score (nSPS) is 10.2. The fraction of sp³-hybridized carbons (Fsp3) is 0.154. The Labute approximate surface area is 114 Å². The van der Waals surface area contributed by atoms with Crippen molar-refractivity contribution in [2.75, 3.05) is 5.32 Å². The summed E-state index contributed by atoms with van der Waals surface area (Å²) in [6.45, 7) is 2.43. The number of hydrogen-bond donors (Lipinski definition) is 2. The van der Waals surface area contributed by atoms with Gasteiger partial charge in [0.1, 0.15) is 11.4 Å². The minimum absolute atomic E-state index is 0.230. The maximum atomic E-state index is 9.66. The van der Waals surface area contributed by atoms with Crippen LogP contribution in [0.4, 0.5) is 5.69 Å². The molecule has 0 aliphatic rings. The fourth-order valence-corrected chi connectivity index (χ4v) is 2.06. The van der Waals surface area contributed by atoms with Gasteiger partial charge in [-0.3, -0.25) is 4.98 Å². The summed E-state index contributed by atoms with van der Waals surface area (Å²) in [4.78, 5) is 4.30. The number of aromatic nitrogens is 1. The van der Waals surface area contributed by atoms with Gasteiger partial charge in [-0.1, -0.05) is 6.07 Å². The molecule has 0 spiro atoms. The molecule has 1 aromatic carbocycles. The van der Waals surface area contributed by atoms with Crippen LogP contribution in [0.25, 0.3) is 0 Å². The Morgan fingerprint density at radius 2 is 2.12 bits per heavy atom. The summed E-state index contributed by atoms with van der Waals surface area (Å²) in [5, 5.41) is 12.9. The molecule has 2 rings (SSSR count). The number of aromatic hydroxyl groups is 1.